The average molecular weight is 411 g/mol. The predicted molar refractivity (Wildman–Crippen MR) is 88.9 cm³/mol. The molecule has 25 heavy (non-hydrogen) atoms. The molecule has 0 fully saturated rings. The summed E-state index contributed by atoms with van der Waals surface area (Å²) in [6, 6.07) is 7.17. The highest BCUT2D eigenvalue weighted by Gasteiger charge is 2.17. The normalized spacial score (nSPS) is 11.4. The van der Waals surface area contributed by atoms with E-state index in [2.05, 4.69) is 10.1 Å². The van der Waals surface area contributed by atoms with E-state index in [1.54, 1.807) is 0 Å². The second-order valence-electron chi connectivity index (χ2n) is 4.67. The van der Waals surface area contributed by atoms with Crippen molar-refractivity contribution in [2.45, 2.75) is 11.5 Å². The lowest BCUT2D eigenvalue weighted by atomic mass is 10.2. The van der Waals surface area contributed by atoms with Gasteiger partial charge in [-0.3, -0.25) is 4.79 Å². The monoisotopic (exact) mass is 410 g/mol. The van der Waals surface area contributed by atoms with Crippen LogP contribution in [0.15, 0.2) is 41.3 Å². The number of nitrogens with one attached hydrogen (secondary N) is 1. The zero-order valence-corrected chi connectivity index (χ0v) is 14.5. The maximum Gasteiger partial charge on any atom is 0.387 e. The average Bonchev–Trinajstić information content (AvgIpc) is 2.49. The van der Waals surface area contributed by atoms with Gasteiger partial charge in [0.05, 0.1) is 10.0 Å². The number of hydrogen-bond acceptors (Lipinski definition) is 4. The molecule has 0 radical (unpaired) electrons. The lowest BCUT2D eigenvalue weighted by Crippen LogP contribution is -2.16. The standard InChI is InChI=1S/C14H10Cl2F2N2O4S/c15-9-3-1-7(5-12(9)25(19,22)23)13(21)20-8-2-4-11(10(16)6-8)24-14(17)18/h1-6,14H,(H,20,21)(H2,19,22,23). The van der Waals surface area contributed by atoms with Crippen molar-refractivity contribution < 1.29 is 26.7 Å². The van der Waals surface area contributed by atoms with E-state index in [0.717, 1.165) is 12.1 Å². The summed E-state index contributed by atoms with van der Waals surface area (Å²) in [6.07, 6.45) is 0. The molecule has 0 bridgehead atoms. The first-order valence-electron chi connectivity index (χ1n) is 6.46. The lowest BCUT2D eigenvalue weighted by molar-refractivity contribution is -0.0497. The van der Waals surface area contributed by atoms with Crippen LogP contribution in [0.4, 0.5) is 14.5 Å². The fourth-order valence-electron chi connectivity index (χ4n) is 1.84. The van der Waals surface area contributed by atoms with Gasteiger partial charge in [0.25, 0.3) is 5.91 Å². The number of amides is 1. The first-order valence-corrected chi connectivity index (χ1v) is 8.76. The van der Waals surface area contributed by atoms with Gasteiger partial charge in [-0.2, -0.15) is 8.78 Å². The first-order chi connectivity index (χ1) is 11.6. The van der Waals surface area contributed by atoms with Crippen LogP contribution in [-0.4, -0.2) is 20.9 Å². The van der Waals surface area contributed by atoms with Crippen LogP contribution in [0.3, 0.4) is 0 Å². The smallest absolute Gasteiger partial charge is 0.387 e. The maximum atomic E-state index is 12.2. The molecule has 0 heterocycles. The topological polar surface area (TPSA) is 98.5 Å². The van der Waals surface area contributed by atoms with Gasteiger partial charge in [0.15, 0.2) is 0 Å². The molecule has 0 aromatic heterocycles. The molecule has 11 heteroatoms. The fourth-order valence-corrected chi connectivity index (χ4v) is 3.13. The molecule has 134 valence electrons. The van der Waals surface area contributed by atoms with Crippen molar-refractivity contribution in [1.82, 2.24) is 0 Å². The van der Waals surface area contributed by atoms with E-state index >= 15 is 0 Å². The number of carbonyl (C=O) groups excluding carboxylic acids is 1. The molecule has 0 aliphatic carbocycles. The minimum Gasteiger partial charge on any atom is -0.433 e. The third-order valence-corrected chi connectivity index (χ3v) is 4.59. The molecule has 0 unspecified atom stereocenters. The number of carbonyl (C=O) groups is 1. The van der Waals surface area contributed by atoms with Crippen molar-refractivity contribution in [2.75, 3.05) is 5.32 Å². The van der Waals surface area contributed by atoms with E-state index in [4.69, 9.17) is 28.3 Å². The minimum absolute atomic E-state index is 0.0301. The molecular formula is C14H10Cl2F2N2O4S. The number of hydrogen-bond donors (Lipinski definition) is 2. The van der Waals surface area contributed by atoms with Gasteiger partial charge in [0.1, 0.15) is 10.6 Å². The van der Waals surface area contributed by atoms with E-state index in [-0.39, 0.29) is 27.0 Å². The van der Waals surface area contributed by atoms with Crippen molar-refractivity contribution in [3.05, 3.63) is 52.0 Å². The Morgan fingerprint density at radius 2 is 1.80 bits per heavy atom. The molecule has 0 spiro atoms. The van der Waals surface area contributed by atoms with E-state index in [0.29, 0.717) is 0 Å². The molecule has 2 aromatic carbocycles. The third kappa shape index (κ3) is 5.02. The molecule has 2 rings (SSSR count). The summed E-state index contributed by atoms with van der Waals surface area (Å²) in [5.41, 5.74) is 0.154. The van der Waals surface area contributed by atoms with Crippen LogP contribution >= 0.6 is 23.2 Å². The van der Waals surface area contributed by atoms with Crippen molar-refractivity contribution in [2.24, 2.45) is 5.14 Å². The summed E-state index contributed by atoms with van der Waals surface area (Å²) < 4.78 is 51.4. The number of anilines is 1. The number of alkyl halides is 2. The van der Waals surface area contributed by atoms with Crippen molar-refractivity contribution in [3.63, 3.8) is 0 Å². The summed E-state index contributed by atoms with van der Waals surface area (Å²) in [5.74, 6) is -0.933. The maximum absolute atomic E-state index is 12.2. The first kappa shape index (κ1) is 19.4. The Kier molecular flexibility index (Phi) is 5.83. The van der Waals surface area contributed by atoms with Gasteiger partial charge in [-0.05, 0) is 36.4 Å². The number of primary sulfonamides is 1. The summed E-state index contributed by atoms with van der Waals surface area (Å²) in [5, 5.41) is 7.18. The van der Waals surface area contributed by atoms with Gasteiger partial charge >= 0.3 is 6.61 Å². The lowest BCUT2D eigenvalue weighted by Gasteiger charge is -2.10. The largest absolute Gasteiger partial charge is 0.433 e. The summed E-state index contributed by atoms with van der Waals surface area (Å²) >= 11 is 11.5. The van der Waals surface area contributed by atoms with E-state index in [1.807, 2.05) is 0 Å². The highest BCUT2D eigenvalue weighted by Crippen LogP contribution is 2.29. The van der Waals surface area contributed by atoms with Crippen LogP contribution in [0, 0.1) is 0 Å². The van der Waals surface area contributed by atoms with Gasteiger partial charge in [-0.1, -0.05) is 23.2 Å². The van der Waals surface area contributed by atoms with E-state index < -0.39 is 27.4 Å². The van der Waals surface area contributed by atoms with Crippen LogP contribution in [0.5, 0.6) is 5.75 Å². The summed E-state index contributed by atoms with van der Waals surface area (Å²) in [7, 11) is -4.11. The zero-order chi connectivity index (χ0) is 18.8. The number of nitrogens with two attached hydrogens (primary N) is 1. The highest BCUT2D eigenvalue weighted by molar-refractivity contribution is 7.89. The minimum atomic E-state index is -4.11. The fraction of sp³-hybridized carbons (Fsp3) is 0.0714. The Morgan fingerprint density at radius 3 is 2.36 bits per heavy atom. The van der Waals surface area contributed by atoms with Gasteiger partial charge in [0.2, 0.25) is 10.0 Å². The zero-order valence-electron chi connectivity index (χ0n) is 12.2. The molecule has 1 amide bonds. The van der Waals surface area contributed by atoms with Gasteiger partial charge in [-0.15, -0.1) is 0 Å². The Balaban J connectivity index is 2.24. The molecule has 0 atom stereocenters. The second-order valence-corrected chi connectivity index (χ2v) is 7.01. The molecule has 0 aliphatic rings. The predicted octanol–water partition coefficient (Wildman–Crippen LogP) is 3.49. The summed E-state index contributed by atoms with van der Waals surface area (Å²) in [6.45, 7) is -3.04. The van der Waals surface area contributed by atoms with Crippen molar-refractivity contribution >= 4 is 44.8 Å². The second kappa shape index (κ2) is 7.52. The Bertz CT molecular complexity index is 923. The Labute approximate surface area is 151 Å². The van der Waals surface area contributed by atoms with Crippen molar-refractivity contribution in [1.29, 1.82) is 0 Å². The van der Waals surface area contributed by atoms with Crippen molar-refractivity contribution in [3.8, 4) is 5.75 Å². The van der Waals surface area contributed by atoms with Crippen LogP contribution in [0.2, 0.25) is 10.0 Å². The van der Waals surface area contributed by atoms with Crippen LogP contribution in [0.25, 0.3) is 0 Å². The Hall–Kier alpha value is -1.94. The third-order valence-electron chi connectivity index (χ3n) is 2.91. The molecule has 0 saturated heterocycles. The molecule has 2 aromatic rings. The molecule has 0 saturated carbocycles. The van der Waals surface area contributed by atoms with E-state index in [9.17, 15) is 22.0 Å². The van der Waals surface area contributed by atoms with Crippen LogP contribution in [0.1, 0.15) is 10.4 Å². The van der Waals surface area contributed by atoms with Gasteiger partial charge in [0, 0.05) is 11.3 Å². The molecule has 6 nitrogen and oxygen atoms in total. The SMILES string of the molecule is NS(=O)(=O)c1cc(C(=O)Nc2ccc(OC(F)F)c(Cl)c2)ccc1Cl. The van der Waals surface area contributed by atoms with Crippen LogP contribution < -0.4 is 15.2 Å². The number of rotatable bonds is 5. The van der Waals surface area contributed by atoms with Gasteiger partial charge < -0.3 is 10.1 Å². The summed E-state index contributed by atoms with van der Waals surface area (Å²) in [4.78, 5) is 11.8. The number of ether oxygens (including phenoxy) is 1. The highest BCUT2D eigenvalue weighted by atomic mass is 35.5. The quantitative estimate of drug-likeness (QED) is 0.787. The number of sulfonamides is 1. The molecular weight excluding hydrogens is 401 g/mol. The van der Waals surface area contributed by atoms with Gasteiger partial charge in [-0.25, -0.2) is 13.6 Å². The molecule has 0 aliphatic heterocycles. The number of benzene rings is 2. The molecule has 3 N–H and O–H groups in total. The van der Waals surface area contributed by atoms with E-state index in [1.165, 1.54) is 24.3 Å². The number of halogens is 4. The Morgan fingerprint density at radius 1 is 1.12 bits per heavy atom. The van der Waals surface area contributed by atoms with Crippen LogP contribution in [-0.2, 0) is 10.0 Å².